The number of carboxylic acid groups (broad SMARTS) is 1. The second-order valence-corrected chi connectivity index (χ2v) is 5.56. The van der Waals surface area contributed by atoms with E-state index in [4.69, 9.17) is 9.84 Å². The van der Waals surface area contributed by atoms with E-state index in [0.717, 1.165) is 32.3 Å². The number of hydrogen-bond acceptors (Lipinski definition) is 3. The zero-order chi connectivity index (χ0) is 15.9. The monoisotopic (exact) mass is 302 g/mol. The summed E-state index contributed by atoms with van der Waals surface area (Å²) >= 11 is 0. The van der Waals surface area contributed by atoms with Gasteiger partial charge in [-0.1, -0.05) is 26.7 Å². The molecule has 0 unspecified atom stereocenters. The van der Waals surface area contributed by atoms with E-state index in [1.807, 2.05) is 0 Å². The molecule has 6 heteroatoms. The minimum absolute atomic E-state index is 0.149. The maximum absolute atomic E-state index is 11.4. The van der Waals surface area contributed by atoms with Crippen LogP contribution >= 0.6 is 0 Å². The summed E-state index contributed by atoms with van der Waals surface area (Å²) < 4.78 is 5.42. The molecule has 0 saturated carbocycles. The van der Waals surface area contributed by atoms with Crippen molar-refractivity contribution in [3.63, 3.8) is 0 Å². The van der Waals surface area contributed by atoms with Gasteiger partial charge in [0.25, 0.3) is 0 Å². The first kappa shape index (κ1) is 19.7. The van der Waals surface area contributed by atoms with Crippen molar-refractivity contribution in [1.29, 1.82) is 0 Å². The van der Waals surface area contributed by atoms with Crippen LogP contribution in [0.3, 0.4) is 0 Å². The zero-order valence-electron chi connectivity index (χ0n) is 13.3. The number of nitrogens with one attached hydrogen (secondary N) is 2. The fourth-order valence-electron chi connectivity index (χ4n) is 1.71. The minimum atomic E-state index is -0.745. The van der Waals surface area contributed by atoms with Gasteiger partial charge in [0.2, 0.25) is 0 Å². The number of unbranched alkanes of at least 4 members (excludes halogenated alkanes) is 3. The Balaban J connectivity index is 3.22. The fraction of sp³-hybridized carbons (Fsp3) is 0.867. The number of carbonyl (C=O) groups excluding carboxylic acids is 1. The molecule has 0 atom stereocenters. The van der Waals surface area contributed by atoms with Crippen LogP contribution < -0.4 is 10.6 Å². The number of urea groups is 1. The van der Waals surface area contributed by atoms with Crippen molar-refractivity contribution in [2.24, 2.45) is 5.92 Å². The topological polar surface area (TPSA) is 87.7 Å². The van der Waals surface area contributed by atoms with Gasteiger partial charge in [-0.15, -0.1) is 0 Å². The Hall–Kier alpha value is -1.30. The van der Waals surface area contributed by atoms with Gasteiger partial charge < -0.3 is 20.5 Å². The van der Waals surface area contributed by atoms with Crippen LogP contribution in [0, 0.1) is 5.92 Å². The average molecular weight is 302 g/mol. The van der Waals surface area contributed by atoms with Crippen molar-refractivity contribution in [2.45, 2.75) is 52.4 Å². The lowest BCUT2D eigenvalue weighted by Gasteiger charge is -2.09. The first-order chi connectivity index (χ1) is 10.0. The molecule has 3 N–H and O–H groups in total. The first-order valence-corrected chi connectivity index (χ1v) is 7.83. The summed E-state index contributed by atoms with van der Waals surface area (Å²) in [7, 11) is 0. The van der Waals surface area contributed by atoms with Crippen molar-refractivity contribution in [2.75, 3.05) is 26.3 Å². The Morgan fingerprint density at radius 1 is 1.00 bits per heavy atom. The zero-order valence-corrected chi connectivity index (χ0v) is 13.3. The molecule has 124 valence electrons. The predicted molar refractivity (Wildman–Crippen MR) is 82.4 cm³/mol. The molecule has 0 fully saturated rings. The van der Waals surface area contributed by atoms with E-state index in [0.29, 0.717) is 32.0 Å². The van der Waals surface area contributed by atoms with Crippen molar-refractivity contribution in [3.8, 4) is 0 Å². The summed E-state index contributed by atoms with van der Waals surface area (Å²) in [5.74, 6) is -0.207. The van der Waals surface area contributed by atoms with Crippen LogP contribution in [0.2, 0.25) is 0 Å². The third-order valence-electron chi connectivity index (χ3n) is 2.81. The number of carboxylic acids is 1. The number of aliphatic carboxylic acids is 1. The van der Waals surface area contributed by atoms with Crippen LogP contribution in [0.5, 0.6) is 0 Å². The number of ether oxygens (including phenoxy) is 1. The predicted octanol–water partition coefficient (Wildman–Crippen LogP) is 2.38. The van der Waals surface area contributed by atoms with Crippen molar-refractivity contribution >= 4 is 12.0 Å². The van der Waals surface area contributed by atoms with E-state index in [2.05, 4.69) is 24.5 Å². The molecule has 21 heavy (non-hydrogen) atoms. The highest BCUT2D eigenvalue weighted by atomic mass is 16.5. The summed E-state index contributed by atoms with van der Waals surface area (Å²) in [4.78, 5) is 21.7. The fourth-order valence-corrected chi connectivity index (χ4v) is 1.71. The summed E-state index contributed by atoms with van der Waals surface area (Å²) in [6, 6.07) is -0.149. The largest absolute Gasteiger partial charge is 0.481 e. The van der Waals surface area contributed by atoms with Crippen LogP contribution in [0.15, 0.2) is 0 Å². The highest BCUT2D eigenvalue weighted by Gasteiger charge is 2.00. The summed E-state index contributed by atoms with van der Waals surface area (Å²) in [6.45, 7) is 6.88. The Morgan fingerprint density at radius 2 is 1.62 bits per heavy atom. The lowest BCUT2D eigenvalue weighted by Crippen LogP contribution is -2.36. The molecule has 0 radical (unpaired) electrons. The molecule has 0 heterocycles. The first-order valence-electron chi connectivity index (χ1n) is 7.83. The SMILES string of the molecule is CC(C)COCCCNC(=O)NCCCCCCC(=O)O. The normalized spacial score (nSPS) is 10.6. The molecule has 0 spiro atoms. The molecule has 0 bridgehead atoms. The average Bonchev–Trinajstić information content (AvgIpc) is 2.41. The Kier molecular flexibility index (Phi) is 12.8. The van der Waals surface area contributed by atoms with Crippen LogP contribution in [-0.2, 0) is 9.53 Å². The summed E-state index contributed by atoms with van der Waals surface area (Å²) in [5.41, 5.74) is 0. The Bertz CT molecular complexity index is 283. The van der Waals surface area contributed by atoms with Gasteiger partial charge in [0.05, 0.1) is 0 Å². The van der Waals surface area contributed by atoms with Gasteiger partial charge in [0.1, 0.15) is 0 Å². The van der Waals surface area contributed by atoms with Gasteiger partial charge in [0.15, 0.2) is 0 Å². The molecule has 0 aromatic rings. The van der Waals surface area contributed by atoms with Gasteiger partial charge in [-0.3, -0.25) is 4.79 Å². The molecule has 0 aromatic carbocycles. The van der Waals surface area contributed by atoms with Gasteiger partial charge in [-0.05, 0) is 25.2 Å². The molecule has 0 aromatic heterocycles. The van der Waals surface area contributed by atoms with Crippen LogP contribution in [0.25, 0.3) is 0 Å². The standard InChI is InChI=1S/C15H30N2O4/c1-13(2)12-21-11-7-10-17-15(20)16-9-6-4-3-5-8-14(18)19/h13H,3-12H2,1-2H3,(H,18,19)(H2,16,17,20). The second-order valence-electron chi connectivity index (χ2n) is 5.56. The highest BCUT2D eigenvalue weighted by Crippen LogP contribution is 2.02. The van der Waals surface area contributed by atoms with E-state index >= 15 is 0 Å². The van der Waals surface area contributed by atoms with Gasteiger partial charge in [-0.25, -0.2) is 4.79 Å². The molecule has 0 aliphatic carbocycles. The molecule has 0 saturated heterocycles. The van der Waals surface area contributed by atoms with E-state index in [9.17, 15) is 9.59 Å². The highest BCUT2D eigenvalue weighted by molar-refractivity contribution is 5.73. The number of amides is 2. The van der Waals surface area contributed by atoms with Crippen molar-refractivity contribution < 1.29 is 19.4 Å². The molecule has 6 nitrogen and oxygen atoms in total. The maximum atomic E-state index is 11.4. The molecule has 0 aliphatic heterocycles. The maximum Gasteiger partial charge on any atom is 0.314 e. The van der Waals surface area contributed by atoms with Gasteiger partial charge in [-0.2, -0.15) is 0 Å². The van der Waals surface area contributed by atoms with Gasteiger partial charge >= 0.3 is 12.0 Å². The Labute approximate surface area is 127 Å². The molecule has 2 amide bonds. The lowest BCUT2D eigenvalue weighted by atomic mass is 10.1. The second kappa shape index (κ2) is 13.7. The third-order valence-corrected chi connectivity index (χ3v) is 2.81. The third kappa shape index (κ3) is 16.6. The number of carbonyl (C=O) groups is 2. The molecule has 0 rings (SSSR count). The van der Waals surface area contributed by atoms with E-state index in [-0.39, 0.29) is 12.5 Å². The summed E-state index contributed by atoms with van der Waals surface area (Å²) in [5, 5.41) is 14.0. The smallest absolute Gasteiger partial charge is 0.314 e. The lowest BCUT2D eigenvalue weighted by molar-refractivity contribution is -0.137. The molecular weight excluding hydrogens is 272 g/mol. The van der Waals surface area contributed by atoms with Crippen molar-refractivity contribution in [3.05, 3.63) is 0 Å². The minimum Gasteiger partial charge on any atom is -0.481 e. The van der Waals surface area contributed by atoms with E-state index in [1.165, 1.54) is 0 Å². The molecule has 0 aliphatic rings. The number of rotatable bonds is 13. The Morgan fingerprint density at radius 3 is 2.24 bits per heavy atom. The van der Waals surface area contributed by atoms with Crippen LogP contribution in [0.4, 0.5) is 4.79 Å². The van der Waals surface area contributed by atoms with Crippen LogP contribution in [0.1, 0.15) is 52.4 Å². The van der Waals surface area contributed by atoms with Crippen molar-refractivity contribution in [1.82, 2.24) is 10.6 Å². The molecular formula is C15H30N2O4. The van der Waals surface area contributed by atoms with E-state index in [1.54, 1.807) is 0 Å². The van der Waals surface area contributed by atoms with Gasteiger partial charge in [0, 0.05) is 32.7 Å². The summed E-state index contributed by atoms with van der Waals surface area (Å²) in [6.07, 6.45) is 4.46. The van der Waals surface area contributed by atoms with Crippen LogP contribution in [-0.4, -0.2) is 43.4 Å². The quantitative estimate of drug-likeness (QED) is 0.456. The number of hydrogen-bond donors (Lipinski definition) is 3. The van der Waals surface area contributed by atoms with E-state index < -0.39 is 5.97 Å².